The molecule has 8 heteroatoms. The van der Waals surface area contributed by atoms with E-state index in [1.165, 1.54) is 0 Å². The van der Waals surface area contributed by atoms with Gasteiger partial charge < -0.3 is 10.1 Å². The van der Waals surface area contributed by atoms with Crippen molar-refractivity contribution in [3.8, 4) is 5.75 Å². The molecule has 0 saturated carbocycles. The number of hydrogen-bond acceptors (Lipinski definition) is 7. The standard InChI is InChI=1S/C23H27N5O2S/c1-15-12-20-19(14-21(15)30-3)25-22(23-27-26-16(2)28(20)23)24-10-6-4-5-8-17(29)13-18-9-7-11-31-18/h7,9,11-12,14H,4-6,8,10,13H2,1-3H3,(H,24,25). The first-order valence-electron chi connectivity index (χ1n) is 10.5. The molecule has 0 fully saturated rings. The van der Waals surface area contributed by atoms with Crippen molar-refractivity contribution in [3.05, 3.63) is 45.9 Å². The van der Waals surface area contributed by atoms with E-state index in [4.69, 9.17) is 9.72 Å². The minimum atomic E-state index is 0.316. The Morgan fingerprint density at radius 2 is 2.06 bits per heavy atom. The van der Waals surface area contributed by atoms with Crippen LogP contribution in [0.15, 0.2) is 29.6 Å². The summed E-state index contributed by atoms with van der Waals surface area (Å²) < 4.78 is 7.49. The second kappa shape index (κ2) is 9.43. The number of carbonyl (C=O) groups excluding carboxylic acids is 1. The average Bonchev–Trinajstić information content (AvgIpc) is 3.40. The van der Waals surface area contributed by atoms with Gasteiger partial charge in [-0.25, -0.2) is 4.98 Å². The molecular formula is C23H27N5O2S. The monoisotopic (exact) mass is 437 g/mol. The highest BCUT2D eigenvalue weighted by molar-refractivity contribution is 7.10. The van der Waals surface area contributed by atoms with E-state index in [0.29, 0.717) is 24.4 Å². The van der Waals surface area contributed by atoms with Crippen molar-refractivity contribution >= 4 is 39.6 Å². The lowest BCUT2D eigenvalue weighted by atomic mass is 10.1. The third-order valence-corrected chi connectivity index (χ3v) is 6.25. The van der Waals surface area contributed by atoms with Crippen LogP contribution in [0.25, 0.3) is 16.7 Å². The minimum absolute atomic E-state index is 0.316. The number of anilines is 1. The van der Waals surface area contributed by atoms with Crippen molar-refractivity contribution in [2.75, 3.05) is 19.0 Å². The van der Waals surface area contributed by atoms with Crippen LogP contribution in [0.1, 0.15) is 41.9 Å². The lowest BCUT2D eigenvalue weighted by Crippen LogP contribution is -2.07. The van der Waals surface area contributed by atoms with Gasteiger partial charge in [-0.05, 0) is 49.8 Å². The van der Waals surface area contributed by atoms with Crippen molar-refractivity contribution in [1.29, 1.82) is 0 Å². The normalized spacial score (nSPS) is 11.3. The molecular weight excluding hydrogens is 410 g/mol. The number of nitrogens with zero attached hydrogens (tertiary/aromatic N) is 4. The Morgan fingerprint density at radius 3 is 2.84 bits per heavy atom. The summed E-state index contributed by atoms with van der Waals surface area (Å²) in [6.07, 6.45) is 4.06. The molecule has 0 radical (unpaired) electrons. The average molecular weight is 438 g/mol. The molecule has 1 aromatic carbocycles. The fraction of sp³-hybridized carbons (Fsp3) is 0.391. The molecule has 3 aromatic heterocycles. The number of unbranched alkanes of at least 4 members (excludes halogenated alkanes) is 2. The van der Waals surface area contributed by atoms with Gasteiger partial charge in [0.2, 0.25) is 5.65 Å². The van der Waals surface area contributed by atoms with Gasteiger partial charge >= 0.3 is 0 Å². The smallest absolute Gasteiger partial charge is 0.204 e. The van der Waals surface area contributed by atoms with Gasteiger partial charge in [-0.15, -0.1) is 21.5 Å². The van der Waals surface area contributed by atoms with Crippen molar-refractivity contribution < 1.29 is 9.53 Å². The quantitative estimate of drug-likeness (QED) is 0.361. The van der Waals surface area contributed by atoms with E-state index in [1.54, 1.807) is 18.4 Å². The van der Waals surface area contributed by atoms with E-state index in [0.717, 1.165) is 64.5 Å². The second-order valence-corrected chi connectivity index (χ2v) is 8.74. The number of fused-ring (bicyclic) bond motifs is 3. The van der Waals surface area contributed by atoms with Gasteiger partial charge in [-0.1, -0.05) is 12.5 Å². The Hall–Kier alpha value is -3.00. The predicted octanol–water partition coefficient (Wildman–Crippen LogP) is 4.75. The van der Waals surface area contributed by atoms with Crippen molar-refractivity contribution in [1.82, 2.24) is 19.6 Å². The first kappa shape index (κ1) is 21.2. The van der Waals surface area contributed by atoms with Gasteiger partial charge in [0.15, 0.2) is 5.82 Å². The van der Waals surface area contributed by atoms with E-state index >= 15 is 0 Å². The number of benzene rings is 1. The SMILES string of the molecule is COc1cc2nc(NCCCCCC(=O)Cc3cccs3)c3nnc(C)n3c2cc1C. The fourth-order valence-corrected chi connectivity index (χ4v) is 4.50. The number of aromatic nitrogens is 4. The van der Waals surface area contributed by atoms with Crippen LogP contribution in [0.4, 0.5) is 5.82 Å². The van der Waals surface area contributed by atoms with E-state index in [2.05, 4.69) is 21.6 Å². The Morgan fingerprint density at radius 1 is 1.19 bits per heavy atom. The van der Waals surface area contributed by atoms with Gasteiger partial charge in [0, 0.05) is 30.3 Å². The molecule has 4 rings (SSSR count). The molecule has 0 aliphatic rings. The van der Waals surface area contributed by atoms with Gasteiger partial charge in [-0.3, -0.25) is 9.20 Å². The zero-order chi connectivity index (χ0) is 21.8. The molecule has 4 aromatic rings. The third kappa shape index (κ3) is 4.69. The first-order valence-corrected chi connectivity index (χ1v) is 11.4. The molecule has 31 heavy (non-hydrogen) atoms. The molecule has 0 atom stereocenters. The second-order valence-electron chi connectivity index (χ2n) is 7.71. The van der Waals surface area contributed by atoms with Crippen LogP contribution in [0, 0.1) is 13.8 Å². The van der Waals surface area contributed by atoms with Crippen LogP contribution < -0.4 is 10.1 Å². The summed E-state index contributed by atoms with van der Waals surface area (Å²) in [4.78, 5) is 18.0. The first-order chi connectivity index (χ1) is 15.1. The Bertz CT molecular complexity index is 1200. The predicted molar refractivity (Wildman–Crippen MR) is 124 cm³/mol. The molecule has 162 valence electrons. The van der Waals surface area contributed by atoms with Gasteiger partial charge in [0.1, 0.15) is 17.4 Å². The molecule has 0 amide bonds. The lowest BCUT2D eigenvalue weighted by Gasteiger charge is -2.12. The molecule has 0 unspecified atom stereocenters. The molecule has 0 aliphatic heterocycles. The van der Waals surface area contributed by atoms with E-state index in [9.17, 15) is 4.79 Å². The van der Waals surface area contributed by atoms with Gasteiger partial charge in [0.05, 0.1) is 18.1 Å². The molecule has 0 spiro atoms. The molecule has 1 N–H and O–H groups in total. The number of carbonyl (C=O) groups is 1. The lowest BCUT2D eigenvalue weighted by molar-refractivity contribution is -0.118. The van der Waals surface area contributed by atoms with Crippen LogP contribution >= 0.6 is 11.3 Å². The van der Waals surface area contributed by atoms with Crippen LogP contribution in [0.5, 0.6) is 5.75 Å². The number of thiophene rings is 1. The van der Waals surface area contributed by atoms with E-state index < -0.39 is 0 Å². The summed E-state index contributed by atoms with van der Waals surface area (Å²) in [5.74, 6) is 2.66. The zero-order valence-electron chi connectivity index (χ0n) is 18.1. The number of methoxy groups -OCH3 is 1. The van der Waals surface area contributed by atoms with Crippen molar-refractivity contribution in [2.24, 2.45) is 0 Å². The topological polar surface area (TPSA) is 81.4 Å². The molecule has 0 saturated heterocycles. The summed E-state index contributed by atoms with van der Waals surface area (Å²) in [7, 11) is 1.67. The van der Waals surface area contributed by atoms with Gasteiger partial charge in [-0.2, -0.15) is 0 Å². The number of aryl methyl sites for hydroxylation is 2. The summed E-state index contributed by atoms with van der Waals surface area (Å²) in [5, 5.41) is 14.0. The van der Waals surface area contributed by atoms with Crippen LogP contribution in [-0.2, 0) is 11.2 Å². The maximum Gasteiger partial charge on any atom is 0.204 e. The minimum Gasteiger partial charge on any atom is -0.496 e. The summed E-state index contributed by atoms with van der Waals surface area (Å²) >= 11 is 1.64. The van der Waals surface area contributed by atoms with Crippen LogP contribution in [0.2, 0.25) is 0 Å². The highest BCUT2D eigenvalue weighted by atomic mass is 32.1. The molecule has 0 aliphatic carbocycles. The fourth-order valence-electron chi connectivity index (χ4n) is 3.77. The van der Waals surface area contributed by atoms with Crippen molar-refractivity contribution in [3.63, 3.8) is 0 Å². The van der Waals surface area contributed by atoms with Crippen LogP contribution in [-0.4, -0.2) is 39.0 Å². The van der Waals surface area contributed by atoms with E-state index in [-0.39, 0.29) is 0 Å². The third-order valence-electron chi connectivity index (χ3n) is 5.38. The van der Waals surface area contributed by atoms with Crippen molar-refractivity contribution in [2.45, 2.75) is 46.0 Å². The Kier molecular flexibility index (Phi) is 6.46. The largest absolute Gasteiger partial charge is 0.496 e. The number of hydrogen-bond donors (Lipinski definition) is 1. The maximum absolute atomic E-state index is 12.1. The number of Topliss-reactive ketones (excluding diaryl/α,β-unsaturated/α-hetero) is 1. The van der Waals surface area contributed by atoms with E-state index in [1.807, 2.05) is 41.8 Å². The number of nitrogens with one attached hydrogen (secondary N) is 1. The Labute approximate surface area is 185 Å². The van der Waals surface area contributed by atoms with Crippen LogP contribution in [0.3, 0.4) is 0 Å². The molecule has 7 nitrogen and oxygen atoms in total. The number of ketones is 1. The molecule has 0 bridgehead atoms. The number of ether oxygens (including phenoxy) is 1. The highest BCUT2D eigenvalue weighted by Crippen LogP contribution is 2.28. The zero-order valence-corrected chi connectivity index (χ0v) is 19.0. The Balaban J connectivity index is 1.38. The summed E-state index contributed by atoms with van der Waals surface area (Å²) in [5.41, 5.74) is 3.56. The maximum atomic E-state index is 12.1. The molecule has 3 heterocycles. The highest BCUT2D eigenvalue weighted by Gasteiger charge is 2.14. The summed E-state index contributed by atoms with van der Waals surface area (Å²) in [6, 6.07) is 8.02. The number of rotatable bonds is 10. The van der Waals surface area contributed by atoms with Gasteiger partial charge in [0.25, 0.3) is 0 Å². The summed E-state index contributed by atoms with van der Waals surface area (Å²) in [6.45, 7) is 4.72.